The fourth-order valence-electron chi connectivity index (χ4n) is 2.99. The molecular formula is C18H20BNO5. The molecule has 0 bridgehead atoms. The summed E-state index contributed by atoms with van der Waals surface area (Å²) in [6.07, 6.45) is -0.245. The molecule has 0 radical (unpaired) electrons. The van der Waals surface area contributed by atoms with Gasteiger partial charge in [0.1, 0.15) is 12.0 Å². The van der Waals surface area contributed by atoms with Crippen LogP contribution in [-0.4, -0.2) is 36.1 Å². The van der Waals surface area contributed by atoms with Crippen molar-refractivity contribution in [2.75, 3.05) is 6.61 Å². The average Bonchev–Trinajstić information content (AvgIpc) is 2.98. The Morgan fingerprint density at radius 1 is 1.20 bits per heavy atom. The molecule has 2 aromatic carbocycles. The van der Waals surface area contributed by atoms with Gasteiger partial charge in [-0.05, 0) is 11.6 Å². The van der Waals surface area contributed by atoms with E-state index >= 15 is 0 Å². The van der Waals surface area contributed by atoms with E-state index in [1.807, 2.05) is 54.6 Å². The number of amides is 1. The molecule has 0 saturated heterocycles. The van der Waals surface area contributed by atoms with Gasteiger partial charge in [0.05, 0.1) is 13.0 Å². The van der Waals surface area contributed by atoms with Crippen molar-refractivity contribution in [3.05, 3.63) is 65.7 Å². The third kappa shape index (κ3) is 4.82. The maximum atomic E-state index is 12.2. The van der Waals surface area contributed by atoms with Crippen molar-refractivity contribution >= 4 is 13.2 Å². The molecule has 1 heterocycles. The van der Waals surface area contributed by atoms with Gasteiger partial charge in [-0.25, -0.2) is 0 Å². The lowest BCUT2D eigenvalue weighted by Crippen LogP contribution is -2.42. The summed E-state index contributed by atoms with van der Waals surface area (Å²) in [6, 6.07) is 17.0. The topological polar surface area (TPSA) is 88.0 Å². The van der Waals surface area contributed by atoms with Crippen molar-refractivity contribution in [2.24, 2.45) is 0 Å². The van der Waals surface area contributed by atoms with E-state index in [0.717, 1.165) is 16.9 Å². The molecule has 3 rings (SSSR count). The van der Waals surface area contributed by atoms with Crippen LogP contribution < -0.4 is 10.1 Å². The van der Waals surface area contributed by atoms with Crippen LogP contribution in [0, 0.1) is 0 Å². The minimum absolute atomic E-state index is 0.0111. The predicted octanol–water partition coefficient (Wildman–Crippen LogP) is 1.22. The first-order valence-corrected chi connectivity index (χ1v) is 8.18. The van der Waals surface area contributed by atoms with Crippen LogP contribution in [0.2, 0.25) is 0 Å². The molecule has 130 valence electrons. The lowest BCUT2D eigenvalue weighted by Gasteiger charge is -2.22. The summed E-state index contributed by atoms with van der Waals surface area (Å²) >= 11 is 0. The van der Waals surface area contributed by atoms with Crippen molar-refractivity contribution in [1.82, 2.24) is 5.32 Å². The van der Waals surface area contributed by atoms with E-state index in [4.69, 9.17) is 19.4 Å². The Kier molecular flexibility index (Phi) is 5.70. The Hall–Kier alpha value is -2.35. The summed E-state index contributed by atoms with van der Waals surface area (Å²) in [4.78, 5) is 12.2. The smallest absolute Gasteiger partial charge is 0.493 e. The zero-order valence-corrected chi connectivity index (χ0v) is 13.7. The van der Waals surface area contributed by atoms with E-state index in [2.05, 4.69) is 5.32 Å². The van der Waals surface area contributed by atoms with Gasteiger partial charge >= 0.3 is 7.32 Å². The van der Waals surface area contributed by atoms with Crippen molar-refractivity contribution in [3.63, 3.8) is 0 Å². The molecule has 0 aliphatic carbocycles. The van der Waals surface area contributed by atoms with Crippen LogP contribution >= 0.6 is 0 Å². The van der Waals surface area contributed by atoms with Crippen LogP contribution in [0.5, 0.6) is 5.75 Å². The molecule has 1 aliphatic heterocycles. The molecule has 7 heteroatoms. The summed E-state index contributed by atoms with van der Waals surface area (Å²) in [6.45, 7) is 0.468. The number of benzene rings is 2. The highest BCUT2D eigenvalue weighted by atomic mass is 16.6. The van der Waals surface area contributed by atoms with Crippen LogP contribution in [0.4, 0.5) is 0 Å². The van der Waals surface area contributed by atoms with Gasteiger partial charge in [0.25, 0.3) is 0 Å². The van der Waals surface area contributed by atoms with Gasteiger partial charge in [-0.1, -0.05) is 48.5 Å². The van der Waals surface area contributed by atoms with E-state index in [0.29, 0.717) is 13.0 Å². The van der Waals surface area contributed by atoms with E-state index in [-0.39, 0.29) is 18.2 Å². The van der Waals surface area contributed by atoms with E-state index in [9.17, 15) is 4.79 Å². The molecule has 1 aliphatic rings. The van der Waals surface area contributed by atoms with Crippen LogP contribution in [0.1, 0.15) is 23.5 Å². The second kappa shape index (κ2) is 8.16. The minimum Gasteiger partial charge on any atom is -0.493 e. The third-order valence-corrected chi connectivity index (χ3v) is 4.11. The molecule has 0 saturated carbocycles. The number of carbonyl (C=O) groups is 1. The Morgan fingerprint density at radius 2 is 1.92 bits per heavy atom. The van der Waals surface area contributed by atoms with Crippen LogP contribution in [0.3, 0.4) is 0 Å². The SMILES string of the molecule is O=C(Cc1ccccc1)N[C@@H](CC1COc2ccccc21)OB(O)O. The molecule has 0 aromatic heterocycles. The van der Waals surface area contributed by atoms with Gasteiger partial charge in [0.15, 0.2) is 0 Å². The van der Waals surface area contributed by atoms with Crippen LogP contribution in [0.15, 0.2) is 54.6 Å². The number of para-hydroxylation sites is 1. The zero-order chi connectivity index (χ0) is 17.6. The monoisotopic (exact) mass is 341 g/mol. The second-order valence-electron chi connectivity index (χ2n) is 5.96. The summed E-state index contributed by atoms with van der Waals surface area (Å²) in [7, 11) is -1.96. The molecule has 0 fully saturated rings. The van der Waals surface area contributed by atoms with Crippen LogP contribution in [0.25, 0.3) is 0 Å². The van der Waals surface area contributed by atoms with Crippen molar-refractivity contribution in [2.45, 2.75) is 25.0 Å². The number of nitrogens with one attached hydrogen (secondary N) is 1. The standard InChI is InChI=1S/C18H20BNO5/c21-17(10-13-6-2-1-3-7-13)20-18(25-19(22)23)11-14-12-24-16-9-5-4-8-15(14)16/h1-9,14,18,22-23H,10-12H2,(H,20,21)/t14?,18-/m1/s1. The van der Waals surface area contributed by atoms with E-state index < -0.39 is 13.5 Å². The molecule has 0 spiro atoms. The molecule has 3 N–H and O–H groups in total. The Balaban J connectivity index is 1.63. The molecule has 25 heavy (non-hydrogen) atoms. The number of carbonyl (C=O) groups excluding carboxylic acids is 1. The molecule has 1 unspecified atom stereocenters. The number of ether oxygens (including phenoxy) is 1. The number of rotatable bonds is 7. The lowest BCUT2D eigenvalue weighted by atomic mass is 9.96. The first kappa shape index (κ1) is 17.5. The number of fused-ring (bicyclic) bond motifs is 1. The Morgan fingerprint density at radius 3 is 2.68 bits per heavy atom. The summed E-state index contributed by atoms with van der Waals surface area (Å²) in [5.74, 6) is 0.576. The van der Waals surface area contributed by atoms with Crippen molar-refractivity contribution < 1.29 is 24.2 Å². The van der Waals surface area contributed by atoms with E-state index in [1.54, 1.807) is 0 Å². The summed E-state index contributed by atoms with van der Waals surface area (Å²) < 4.78 is 10.7. The van der Waals surface area contributed by atoms with Gasteiger partial charge < -0.3 is 24.8 Å². The molecule has 6 nitrogen and oxygen atoms in total. The fraction of sp³-hybridized carbons (Fsp3) is 0.278. The fourth-order valence-corrected chi connectivity index (χ4v) is 2.99. The maximum absolute atomic E-state index is 12.2. The van der Waals surface area contributed by atoms with Gasteiger partial charge in [0.2, 0.25) is 5.91 Å². The maximum Gasteiger partial charge on any atom is 0.635 e. The predicted molar refractivity (Wildman–Crippen MR) is 92.6 cm³/mol. The second-order valence-corrected chi connectivity index (χ2v) is 5.96. The zero-order valence-electron chi connectivity index (χ0n) is 13.7. The highest BCUT2D eigenvalue weighted by molar-refractivity contribution is 6.32. The quantitative estimate of drug-likeness (QED) is 0.521. The van der Waals surface area contributed by atoms with E-state index in [1.165, 1.54) is 0 Å². The molecular weight excluding hydrogens is 321 g/mol. The molecule has 2 aromatic rings. The highest BCUT2D eigenvalue weighted by Gasteiger charge is 2.29. The average molecular weight is 341 g/mol. The third-order valence-electron chi connectivity index (χ3n) is 4.11. The van der Waals surface area contributed by atoms with Crippen molar-refractivity contribution in [1.29, 1.82) is 0 Å². The lowest BCUT2D eigenvalue weighted by molar-refractivity contribution is -0.123. The highest BCUT2D eigenvalue weighted by Crippen LogP contribution is 2.36. The Labute approximate surface area is 146 Å². The minimum atomic E-state index is -1.96. The van der Waals surface area contributed by atoms with Gasteiger partial charge in [-0.3, -0.25) is 4.79 Å². The molecule has 1 amide bonds. The van der Waals surface area contributed by atoms with Crippen LogP contribution in [-0.2, 0) is 15.9 Å². The van der Waals surface area contributed by atoms with Gasteiger partial charge in [0, 0.05) is 17.9 Å². The first-order valence-electron chi connectivity index (χ1n) is 8.18. The summed E-state index contributed by atoms with van der Waals surface area (Å²) in [5.41, 5.74) is 1.90. The first-order chi connectivity index (χ1) is 12.1. The summed E-state index contributed by atoms with van der Waals surface area (Å²) in [5, 5.41) is 21.0. The van der Waals surface area contributed by atoms with Crippen molar-refractivity contribution in [3.8, 4) is 5.75 Å². The van der Waals surface area contributed by atoms with Gasteiger partial charge in [-0.2, -0.15) is 0 Å². The molecule has 2 atom stereocenters. The Bertz CT molecular complexity index is 710. The normalized spacial score (nSPS) is 16.6. The number of hydrogen-bond acceptors (Lipinski definition) is 5. The largest absolute Gasteiger partial charge is 0.635 e. The van der Waals surface area contributed by atoms with Gasteiger partial charge in [-0.15, -0.1) is 0 Å². The number of hydrogen-bond donors (Lipinski definition) is 3.